The lowest BCUT2D eigenvalue weighted by Gasteiger charge is -2.12. The first kappa shape index (κ1) is 14.5. The van der Waals surface area contributed by atoms with Crippen molar-refractivity contribution in [2.75, 3.05) is 7.11 Å². The highest BCUT2D eigenvalue weighted by molar-refractivity contribution is 7.78. The van der Waals surface area contributed by atoms with Crippen LogP contribution >= 0.6 is 12.8 Å². The zero-order valence-electron chi connectivity index (χ0n) is 11.4. The Morgan fingerprint density at radius 3 is 2.80 bits per heavy atom. The van der Waals surface area contributed by atoms with Gasteiger partial charge in [-0.1, -0.05) is 19.1 Å². The minimum absolute atomic E-state index is 0.263. The Labute approximate surface area is 123 Å². The van der Waals surface area contributed by atoms with Gasteiger partial charge in [0.15, 0.2) is 0 Å². The lowest BCUT2D eigenvalue weighted by molar-refractivity contribution is 0.0597. The molecule has 0 fully saturated rings. The molecule has 0 aliphatic heterocycles. The largest absolute Gasteiger partial charge is 0.472 e. The molecule has 0 radical (unpaired) electrons. The van der Waals surface area contributed by atoms with Crippen LogP contribution in [0.5, 0.6) is 5.88 Å². The van der Waals surface area contributed by atoms with Crippen LogP contribution in [-0.2, 0) is 17.8 Å². The topological polar surface area (TPSA) is 53.4 Å². The number of rotatable bonds is 5. The third kappa shape index (κ3) is 3.14. The second-order valence-electron chi connectivity index (χ2n) is 4.15. The fraction of sp³-hybridized carbons (Fsp3) is 0.286. The summed E-state index contributed by atoms with van der Waals surface area (Å²) in [5.41, 5.74) is 2.41. The van der Waals surface area contributed by atoms with Crippen LogP contribution in [0.4, 0.5) is 0 Å². The molecule has 0 amide bonds. The van der Waals surface area contributed by atoms with Crippen molar-refractivity contribution in [1.29, 1.82) is 0 Å². The lowest BCUT2D eigenvalue weighted by atomic mass is 10.00. The van der Waals surface area contributed by atoms with Gasteiger partial charge in [0.1, 0.15) is 6.61 Å². The summed E-state index contributed by atoms with van der Waals surface area (Å²) in [4.78, 5) is 11.8. The zero-order chi connectivity index (χ0) is 14.5. The number of benzene rings is 1. The van der Waals surface area contributed by atoms with Crippen LogP contribution in [0, 0.1) is 0 Å². The van der Waals surface area contributed by atoms with Gasteiger partial charge in [-0.25, -0.2) is 8.88 Å². The Morgan fingerprint density at radius 1 is 1.40 bits per heavy atom. The van der Waals surface area contributed by atoms with E-state index in [0.717, 1.165) is 17.5 Å². The van der Waals surface area contributed by atoms with Crippen molar-refractivity contribution in [2.24, 2.45) is 0 Å². The molecule has 1 aromatic heterocycles. The smallest absolute Gasteiger partial charge is 0.338 e. The molecular formula is C14H16N2O3S. The maximum Gasteiger partial charge on any atom is 0.338 e. The molecule has 1 aromatic carbocycles. The summed E-state index contributed by atoms with van der Waals surface area (Å²) < 4.78 is 11.8. The van der Waals surface area contributed by atoms with Crippen LogP contribution in [0.3, 0.4) is 0 Å². The van der Waals surface area contributed by atoms with Crippen LogP contribution in [0.2, 0.25) is 0 Å². The number of carbonyl (C=O) groups excluding carboxylic acids is 1. The van der Waals surface area contributed by atoms with E-state index < -0.39 is 0 Å². The number of thiol groups is 1. The second-order valence-corrected chi connectivity index (χ2v) is 4.56. The summed E-state index contributed by atoms with van der Waals surface area (Å²) in [6.45, 7) is 2.29. The molecule has 6 heteroatoms. The first-order valence-electron chi connectivity index (χ1n) is 6.22. The summed E-state index contributed by atoms with van der Waals surface area (Å²) in [6, 6.07) is 7.26. The van der Waals surface area contributed by atoms with E-state index in [1.54, 1.807) is 18.3 Å². The van der Waals surface area contributed by atoms with Crippen LogP contribution in [-0.4, -0.2) is 22.3 Å². The van der Waals surface area contributed by atoms with Gasteiger partial charge in [-0.15, -0.1) is 5.10 Å². The van der Waals surface area contributed by atoms with Crippen LogP contribution in [0.25, 0.3) is 0 Å². The number of hydrogen-bond donors (Lipinski definition) is 1. The van der Waals surface area contributed by atoms with Crippen molar-refractivity contribution in [3.05, 3.63) is 47.2 Å². The molecule has 20 heavy (non-hydrogen) atoms. The number of carbonyl (C=O) groups is 1. The fourth-order valence-corrected chi connectivity index (χ4v) is 2.11. The summed E-state index contributed by atoms with van der Waals surface area (Å²) in [5.74, 6) is 0.0975. The number of esters is 1. The fourth-order valence-electron chi connectivity index (χ4n) is 1.96. The predicted octanol–water partition coefficient (Wildman–Crippen LogP) is 2.50. The van der Waals surface area contributed by atoms with Crippen molar-refractivity contribution in [3.8, 4) is 5.88 Å². The molecule has 1 heterocycles. The minimum Gasteiger partial charge on any atom is -0.472 e. The Hall–Kier alpha value is -1.95. The molecule has 0 aliphatic rings. The molecule has 0 saturated heterocycles. The number of aryl methyl sites for hydroxylation is 1. The highest BCUT2D eigenvalue weighted by Crippen LogP contribution is 2.19. The number of aromatic nitrogens is 2. The van der Waals surface area contributed by atoms with Crippen LogP contribution < -0.4 is 4.74 Å². The van der Waals surface area contributed by atoms with E-state index in [9.17, 15) is 4.79 Å². The minimum atomic E-state index is -0.362. The van der Waals surface area contributed by atoms with E-state index in [1.165, 1.54) is 11.2 Å². The molecule has 0 atom stereocenters. The molecule has 0 N–H and O–H groups in total. The van der Waals surface area contributed by atoms with Crippen molar-refractivity contribution < 1.29 is 14.3 Å². The maximum atomic E-state index is 11.8. The summed E-state index contributed by atoms with van der Waals surface area (Å²) in [5, 5.41) is 4.02. The van der Waals surface area contributed by atoms with Crippen molar-refractivity contribution in [3.63, 3.8) is 0 Å². The van der Waals surface area contributed by atoms with E-state index in [-0.39, 0.29) is 12.6 Å². The van der Waals surface area contributed by atoms with Crippen molar-refractivity contribution in [2.45, 2.75) is 20.0 Å². The van der Waals surface area contributed by atoms with E-state index in [2.05, 4.69) is 17.9 Å². The third-order valence-corrected chi connectivity index (χ3v) is 3.20. The summed E-state index contributed by atoms with van der Waals surface area (Å²) in [6.07, 6.45) is 2.48. The molecule has 106 valence electrons. The van der Waals surface area contributed by atoms with Gasteiger partial charge in [-0.2, -0.15) is 0 Å². The van der Waals surface area contributed by atoms with Gasteiger partial charge in [-0.05, 0) is 30.9 Å². The third-order valence-electron chi connectivity index (χ3n) is 2.98. The zero-order valence-corrected chi connectivity index (χ0v) is 12.3. The molecule has 0 unspecified atom stereocenters. The molecule has 2 rings (SSSR count). The van der Waals surface area contributed by atoms with Gasteiger partial charge >= 0.3 is 5.97 Å². The van der Waals surface area contributed by atoms with E-state index in [4.69, 9.17) is 9.47 Å². The predicted molar refractivity (Wildman–Crippen MR) is 78.1 cm³/mol. The number of methoxy groups -OCH3 is 1. The van der Waals surface area contributed by atoms with Gasteiger partial charge in [0, 0.05) is 17.8 Å². The van der Waals surface area contributed by atoms with Gasteiger partial charge in [-0.3, -0.25) is 0 Å². The quantitative estimate of drug-likeness (QED) is 0.679. The molecule has 0 bridgehead atoms. The van der Waals surface area contributed by atoms with Gasteiger partial charge in [0.25, 0.3) is 0 Å². The first-order valence-corrected chi connectivity index (χ1v) is 6.62. The van der Waals surface area contributed by atoms with Gasteiger partial charge in [0.05, 0.1) is 12.7 Å². The van der Waals surface area contributed by atoms with Crippen LogP contribution in [0.15, 0.2) is 30.5 Å². The van der Waals surface area contributed by atoms with Gasteiger partial charge < -0.3 is 9.47 Å². The first-order chi connectivity index (χ1) is 9.65. The Bertz CT molecular complexity index is 610. The highest BCUT2D eigenvalue weighted by atomic mass is 32.1. The average molecular weight is 292 g/mol. The molecule has 0 spiro atoms. The standard InChI is InChI=1S/C14H16N2O3S/c1-3-10-5-4-6-11(14(17)18-2)12(10)9-19-13-7-8-16(20)15-13/h4-8,20H,3,9H2,1-2H3. The number of ether oxygens (including phenoxy) is 2. The normalized spacial score (nSPS) is 10.3. The summed E-state index contributed by atoms with van der Waals surface area (Å²) >= 11 is 4.04. The molecular weight excluding hydrogens is 276 g/mol. The van der Waals surface area contributed by atoms with Gasteiger partial charge in [0.2, 0.25) is 5.88 Å². The Kier molecular flexibility index (Phi) is 4.68. The van der Waals surface area contributed by atoms with Crippen molar-refractivity contribution >= 4 is 18.8 Å². The average Bonchev–Trinajstić information content (AvgIpc) is 2.89. The number of hydrogen-bond acceptors (Lipinski definition) is 5. The van der Waals surface area contributed by atoms with E-state index >= 15 is 0 Å². The SMILES string of the molecule is CCc1cccc(C(=O)OC)c1COc1ccn(S)n1. The second kappa shape index (κ2) is 6.47. The summed E-state index contributed by atoms with van der Waals surface area (Å²) in [7, 11) is 1.37. The van der Waals surface area contributed by atoms with E-state index in [1.807, 2.05) is 19.1 Å². The molecule has 0 aliphatic carbocycles. The Morgan fingerprint density at radius 2 is 2.20 bits per heavy atom. The van der Waals surface area contributed by atoms with E-state index in [0.29, 0.717) is 11.4 Å². The lowest BCUT2D eigenvalue weighted by Crippen LogP contribution is -2.10. The van der Waals surface area contributed by atoms with Crippen molar-refractivity contribution in [1.82, 2.24) is 9.19 Å². The molecule has 2 aromatic rings. The molecule has 0 saturated carbocycles. The monoisotopic (exact) mass is 292 g/mol. The van der Waals surface area contributed by atoms with Crippen LogP contribution in [0.1, 0.15) is 28.4 Å². The molecule has 5 nitrogen and oxygen atoms in total. The Balaban J connectivity index is 2.26. The maximum absolute atomic E-state index is 11.8. The number of nitrogens with zero attached hydrogens (tertiary/aromatic N) is 2. The highest BCUT2D eigenvalue weighted by Gasteiger charge is 2.15.